The summed E-state index contributed by atoms with van der Waals surface area (Å²) in [5.41, 5.74) is 2.07. The van der Waals surface area contributed by atoms with E-state index in [1.54, 1.807) is 0 Å². The molecule has 0 saturated heterocycles. The van der Waals surface area contributed by atoms with E-state index < -0.39 is 0 Å². The molecule has 1 N–H and O–H groups in total. The summed E-state index contributed by atoms with van der Waals surface area (Å²) < 4.78 is 5.72. The van der Waals surface area contributed by atoms with Crippen LogP contribution in [-0.2, 0) is 6.61 Å². The van der Waals surface area contributed by atoms with E-state index in [0.29, 0.717) is 12.5 Å². The normalized spacial score (nSPS) is 10.1. The molecular formula is C14H17N3O. The van der Waals surface area contributed by atoms with Gasteiger partial charge in [0.2, 0.25) is 5.88 Å². The second-order valence-electron chi connectivity index (χ2n) is 3.96. The Labute approximate surface area is 107 Å². The molecule has 2 aromatic rings. The van der Waals surface area contributed by atoms with Crippen LogP contribution in [0.2, 0.25) is 0 Å². The van der Waals surface area contributed by atoms with Crippen molar-refractivity contribution < 1.29 is 4.74 Å². The highest BCUT2D eigenvalue weighted by molar-refractivity contribution is 5.47. The zero-order valence-corrected chi connectivity index (χ0v) is 10.7. The Morgan fingerprint density at radius 3 is 2.67 bits per heavy atom. The Hall–Kier alpha value is -2.10. The summed E-state index contributed by atoms with van der Waals surface area (Å²) in [5.74, 6) is 1.46. The van der Waals surface area contributed by atoms with Gasteiger partial charge in [0.25, 0.3) is 0 Å². The Kier molecular flexibility index (Phi) is 4.12. The SMILES string of the molecule is CCNc1ncnc(OCc2ccccc2)c1C. The summed E-state index contributed by atoms with van der Waals surface area (Å²) in [6, 6.07) is 10.0. The first kappa shape index (κ1) is 12.4. The fraction of sp³-hybridized carbons (Fsp3) is 0.286. The lowest BCUT2D eigenvalue weighted by atomic mass is 10.2. The zero-order chi connectivity index (χ0) is 12.8. The summed E-state index contributed by atoms with van der Waals surface area (Å²) in [6.45, 7) is 5.34. The van der Waals surface area contributed by atoms with Crippen molar-refractivity contribution in [3.8, 4) is 5.88 Å². The van der Waals surface area contributed by atoms with E-state index in [4.69, 9.17) is 4.74 Å². The fourth-order valence-corrected chi connectivity index (χ4v) is 1.65. The maximum absolute atomic E-state index is 5.72. The molecule has 0 fully saturated rings. The number of nitrogens with zero attached hydrogens (tertiary/aromatic N) is 2. The van der Waals surface area contributed by atoms with Crippen molar-refractivity contribution in [1.29, 1.82) is 0 Å². The van der Waals surface area contributed by atoms with Crippen molar-refractivity contribution in [2.75, 3.05) is 11.9 Å². The summed E-state index contributed by atoms with van der Waals surface area (Å²) in [4.78, 5) is 8.34. The van der Waals surface area contributed by atoms with Gasteiger partial charge in [-0.15, -0.1) is 0 Å². The number of ether oxygens (including phenoxy) is 1. The molecule has 0 radical (unpaired) electrons. The van der Waals surface area contributed by atoms with E-state index in [1.165, 1.54) is 6.33 Å². The maximum atomic E-state index is 5.72. The Balaban J connectivity index is 2.08. The van der Waals surface area contributed by atoms with Crippen LogP contribution in [0.25, 0.3) is 0 Å². The second-order valence-corrected chi connectivity index (χ2v) is 3.96. The minimum atomic E-state index is 0.518. The molecule has 4 heteroatoms. The first-order valence-electron chi connectivity index (χ1n) is 6.03. The van der Waals surface area contributed by atoms with Crippen molar-refractivity contribution in [3.05, 3.63) is 47.8 Å². The van der Waals surface area contributed by atoms with Gasteiger partial charge in [0.15, 0.2) is 0 Å². The monoisotopic (exact) mass is 243 g/mol. The number of rotatable bonds is 5. The van der Waals surface area contributed by atoms with Crippen molar-refractivity contribution >= 4 is 5.82 Å². The topological polar surface area (TPSA) is 47.0 Å². The first-order valence-corrected chi connectivity index (χ1v) is 6.03. The van der Waals surface area contributed by atoms with Gasteiger partial charge < -0.3 is 10.1 Å². The lowest BCUT2D eigenvalue weighted by Crippen LogP contribution is -2.05. The number of nitrogens with one attached hydrogen (secondary N) is 1. The molecule has 1 aromatic carbocycles. The number of aromatic nitrogens is 2. The highest BCUT2D eigenvalue weighted by atomic mass is 16.5. The van der Waals surface area contributed by atoms with Crippen molar-refractivity contribution in [1.82, 2.24) is 9.97 Å². The third-order valence-electron chi connectivity index (χ3n) is 2.60. The molecule has 0 amide bonds. The highest BCUT2D eigenvalue weighted by Crippen LogP contribution is 2.20. The molecule has 0 spiro atoms. The Bertz CT molecular complexity index is 500. The van der Waals surface area contributed by atoms with E-state index in [2.05, 4.69) is 15.3 Å². The summed E-state index contributed by atoms with van der Waals surface area (Å²) in [5, 5.41) is 3.18. The molecule has 18 heavy (non-hydrogen) atoms. The Morgan fingerprint density at radius 1 is 1.17 bits per heavy atom. The molecule has 0 aliphatic rings. The number of anilines is 1. The van der Waals surface area contributed by atoms with Gasteiger partial charge in [-0.25, -0.2) is 9.97 Å². The molecule has 1 aromatic heterocycles. The third-order valence-corrected chi connectivity index (χ3v) is 2.60. The van der Waals surface area contributed by atoms with Gasteiger partial charge in [0, 0.05) is 6.54 Å². The molecule has 1 heterocycles. The van der Waals surface area contributed by atoms with Crippen LogP contribution in [0, 0.1) is 6.92 Å². The zero-order valence-electron chi connectivity index (χ0n) is 10.7. The van der Waals surface area contributed by atoms with E-state index in [1.807, 2.05) is 44.2 Å². The lowest BCUT2D eigenvalue weighted by Gasteiger charge is -2.11. The quantitative estimate of drug-likeness (QED) is 0.877. The minimum Gasteiger partial charge on any atom is -0.472 e. The molecular weight excluding hydrogens is 226 g/mol. The van der Waals surface area contributed by atoms with Crippen molar-refractivity contribution in [3.63, 3.8) is 0 Å². The van der Waals surface area contributed by atoms with E-state index >= 15 is 0 Å². The van der Waals surface area contributed by atoms with Crippen LogP contribution < -0.4 is 10.1 Å². The summed E-state index contributed by atoms with van der Waals surface area (Å²) in [6.07, 6.45) is 1.52. The molecule has 0 aliphatic heterocycles. The van der Waals surface area contributed by atoms with E-state index in [9.17, 15) is 0 Å². The molecule has 94 valence electrons. The van der Waals surface area contributed by atoms with Crippen LogP contribution in [0.3, 0.4) is 0 Å². The summed E-state index contributed by atoms with van der Waals surface area (Å²) >= 11 is 0. The molecule has 0 saturated carbocycles. The smallest absolute Gasteiger partial charge is 0.221 e. The van der Waals surface area contributed by atoms with E-state index in [-0.39, 0.29) is 0 Å². The number of benzene rings is 1. The number of hydrogen-bond donors (Lipinski definition) is 1. The van der Waals surface area contributed by atoms with Gasteiger partial charge in [0.05, 0.1) is 5.56 Å². The summed E-state index contributed by atoms with van der Waals surface area (Å²) in [7, 11) is 0. The van der Waals surface area contributed by atoms with Crippen LogP contribution in [0.1, 0.15) is 18.1 Å². The van der Waals surface area contributed by atoms with Crippen LogP contribution >= 0.6 is 0 Å². The minimum absolute atomic E-state index is 0.518. The van der Waals surface area contributed by atoms with Crippen LogP contribution in [0.15, 0.2) is 36.7 Å². The molecule has 0 bridgehead atoms. The fourth-order valence-electron chi connectivity index (χ4n) is 1.65. The molecule has 0 unspecified atom stereocenters. The van der Waals surface area contributed by atoms with Gasteiger partial charge in [-0.1, -0.05) is 30.3 Å². The predicted molar refractivity (Wildman–Crippen MR) is 71.7 cm³/mol. The largest absolute Gasteiger partial charge is 0.472 e. The maximum Gasteiger partial charge on any atom is 0.221 e. The molecule has 0 atom stereocenters. The predicted octanol–water partition coefficient (Wildman–Crippen LogP) is 2.80. The van der Waals surface area contributed by atoms with Crippen molar-refractivity contribution in [2.24, 2.45) is 0 Å². The average Bonchev–Trinajstić information content (AvgIpc) is 2.41. The van der Waals surface area contributed by atoms with Crippen molar-refractivity contribution in [2.45, 2.75) is 20.5 Å². The van der Waals surface area contributed by atoms with Gasteiger partial charge >= 0.3 is 0 Å². The lowest BCUT2D eigenvalue weighted by molar-refractivity contribution is 0.291. The number of hydrogen-bond acceptors (Lipinski definition) is 4. The van der Waals surface area contributed by atoms with Gasteiger partial charge in [-0.2, -0.15) is 0 Å². The third kappa shape index (κ3) is 2.97. The second kappa shape index (κ2) is 6.00. The van der Waals surface area contributed by atoms with Gasteiger partial charge in [0.1, 0.15) is 18.8 Å². The van der Waals surface area contributed by atoms with E-state index in [0.717, 1.165) is 23.5 Å². The average molecular weight is 243 g/mol. The van der Waals surface area contributed by atoms with Gasteiger partial charge in [-0.3, -0.25) is 0 Å². The van der Waals surface area contributed by atoms with Crippen LogP contribution in [-0.4, -0.2) is 16.5 Å². The van der Waals surface area contributed by atoms with Gasteiger partial charge in [-0.05, 0) is 19.4 Å². The highest BCUT2D eigenvalue weighted by Gasteiger charge is 2.07. The Morgan fingerprint density at radius 2 is 1.94 bits per heavy atom. The molecule has 2 rings (SSSR count). The molecule has 4 nitrogen and oxygen atoms in total. The standard InChI is InChI=1S/C14H17N3O/c1-3-15-13-11(2)14(17-10-16-13)18-9-12-7-5-4-6-8-12/h4-8,10H,3,9H2,1-2H3,(H,15,16,17). The van der Waals surface area contributed by atoms with Crippen LogP contribution in [0.4, 0.5) is 5.82 Å². The molecule has 0 aliphatic carbocycles. The van der Waals surface area contributed by atoms with Crippen LogP contribution in [0.5, 0.6) is 5.88 Å². The first-order chi connectivity index (χ1) is 8.81.